The van der Waals surface area contributed by atoms with E-state index in [0.717, 1.165) is 10.2 Å². The quantitative estimate of drug-likeness (QED) is 0.531. The van der Waals surface area contributed by atoms with Crippen LogP contribution in [0, 0.1) is 0 Å². The van der Waals surface area contributed by atoms with Crippen LogP contribution in [0.5, 0.6) is 0 Å². The van der Waals surface area contributed by atoms with Gasteiger partial charge in [0.1, 0.15) is 0 Å². The Kier molecular flexibility index (Phi) is 5.75. The molecule has 0 heterocycles. The fraction of sp³-hybridized carbons (Fsp3) is 0.462. The van der Waals surface area contributed by atoms with Gasteiger partial charge in [0, 0.05) is 10.5 Å². The van der Waals surface area contributed by atoms with Crippen molar-refractivity contribution in [2.75, 3.05) is 5.32 Å². The van der Waals surface area contributed by atoms with Crippen LogP contribution in [0.15, 0.2) is 16.6 Å². The summed E-state index contributed by atoms with van der Waals surface area (Å²) in [5.41, 5.74) is 0.725. The van der Waals surface area contributed by atoms with E-state index in [9.17, 15) is 0 Å². The Morgan fingerprint density at radius 3 is 2.53 bits per heavy atom. The number of thiocarbonyl (C=S) groups is 1. The van der Waals surface area contributed by atoms with Crippen LogP contribution in [0.4, 0.5) is 5.69 Å². The average Bonchev–Trinajstić information content (AvgIpc) is 2.41. The Labute approximate surface area is 137 Å². The van der Waals surface area contributed by atoms with Crippen molar-refractivity contribution in [3.8, 4) is 0 Å². The number of anilines is 1. The number of rotatable bonds is 2. The monoisotopic (exact) mass is 380 g/mol. The molecular weight excluding hydrogens is 367 g/mol. The van der Waals surface area contributed by atoms with Crippen LogP contribution in [0.25, 0.3) is 0 Å². The van der Waals surface area contributed by atoms with E-state index in [2.05, 4.69) is 26.6 Å². The second-order valence-electron chi connectivity index (χ2n) is 4.66. The van der Waals surface area contributed by atoms with E-state index in [4.69, 9.17) is 35.4 Å². The van der Waals surface area contributed by atoms with Crippen molar-refractivity contribution in [2.45, 2.75) is 38.1 Å². The molecule has 0 spiro atoms. The maximum Gasteiger partial charge on any atom is 0.171 e. The molecule has 1 aliphatic carbocycles. The lowest BCUT2D eigenvalue weighted by molar-refractivity contribution is 0.415. The summed E-state index contributed by atoms with van der Waals surface area (Å²) in [5, 5.41) is 8.02. The zero-order valence-corrected chi connectivity index (χ0v) is 14.2. The molecule has 1 aromatic rings. The summed E-state index contributed by atoms with van der Waals surface area (Å²) in [4.78, 5) is 0. The molecule has 2 N–H and O–H groups in total. The number of nitrogens with one attached hydrogen (secondary N) is 2. The van der Waals surface area contributed by atoms with E-state index in [1.807, 2.05) is 12.1 Å². The first-order chi connectivity index (χ1) is 9.08. The van der Waals surface area contributed by atoms with E-state index >= 15 is 0 Å². The minimum absolute atomic E-state index is 0.471. The molecule has 0 unspecified atom stereocenters. The first kappa shape index (κ1) is 15.4. The molecule has 104 valence electrons. The van der Waals surface area contributed by atoms with Gasteiger partial charge in [0.2, 0.25) is 0 Å². The van der Waals surface area contributed by atoms with Crippen molar-refractivity contribution in [1.29, 1.82) is 0 Å². The Balaban J connectivity index is 1.97. The molecule has 1 saturated carbocycles. The summed E-state index contributed by atoms with van der Waals surface area (Å²) in [6.45, 7) is 0. The van der Waals surface area contributed by atoms with Crippen molar-refractivity contribution in [3.63, 3.8) is 0 Å². The molecule has 6 heteroatoms. The first-order valence-electron chi connectivity index (χ1n) is 6.29. The van der Waals surface area contributed by atoms with Gasteiger partial charge in [-0.25, -0.2) is 0 Å². The number of benzene rings is 1. The van der Waals surface area contributed by atoms with Gasteiger partial charge in [-0.15, -0.1) is 0 Å². The summed E-state index contributed by atoms with van der Waals surface area (Å²) in [6.07, 6.45) is 6.22. The van der Waals surface area contributed by atoms with E-state index in [1.54, 1.807) is 0 Å². The van der Waals surface area contributed by atoms with E-state index in [0.29, 0.717) is 21.2 Å². The van der Waals surface area contributed by atoms with Crippen LogP contribution in [0.3, 0.4) is 0 Å². The minimum atomic E-state index is 0.471. The topological polar surface area (TPSA) is 24.1 Å². The zero-order chi connectivity index (χ0) is 13.8. The van der Waals surface area contributed by atoms with Gasteiger partial charge in [0.25, 0.3) is 0 Å². The highest BCUT2D eigenvalue weighted by Gasteiger charge is 2.15. The second kappa shape index (κ2) is 7.11. The lowest BCUT2D eigenvalue weighted by Gasteiger charge is -2.24. The van der Waals surface area contributed by atoms with E-state index in [1.165, 1.54) is 32.1 Å². The van der Waals surface area contributed by atoms with Crippen LogP contribution in [-0.4, -0.2) is 11.2 Å². The highest BCUT2D eigenvalue weighted by molar-refractivity contribution is 9.10. The Bertz CT molecular complexity index is 476. The van der Waals surface area contributed by atoms with E-state index in [-0.39, 0.29) is 0 Å². The molecule has 1 aliphatic rings. The molecular formula is C13H15BrCl2N2S. The zero-order valence-electron chi connectivity index (χ0n) is 10.3. The SMILES string of the molecule is S=C(Nc1ccc(Br)c(Cl)c1Cl)NC1CCCCC1. The fourth-order valence-electron chi connectivity index (χ4n) is 2.21. The molecule has 2 rings (SSSR count). The molecule has 0 amide bonds. The predicted octanol–water partition coefficient (Wildman–Crippen LogP) is 5.38. The molecule has 19 heavy (non-hydrogen) atoms. The molecule has 0 radical (unpaired) electrons. The van der Waals surface area contributed by atoms with Gasteiger partial charge in [0.05, 0.1) is 15.7 Å². The number of halogens is 3. The van der Waals surface area contributed by atoms with Crippen LogP contribution in [-0.2, 0) is 0 Å². The Morgan fingerprint density at radius 1 is 1.16 bits per heavy atom. The van der Waals surface area contributed by atoms with Gasteiger partial charge in [-0.05, 0) is 53.1 Å². The van der Waals surface area contributed by atoms with Crippen LogP contribution in [0.1, 0.15) is 32.1 Å². The maximum absolute atomic E-state index is 6.17. The molecule has 1 fully saturated rings. The Hall–Kier alpha value is -0.0300. The summed E-state index contributed by atoms with van der Waals surface area (Å²) in [5.74, 6) is 0. The molecule has 0 aliphatic heterocycles. The minimum Gasteiger partial charge on any atom is -0.360 e. The lowest BCUT2D eigenvalue weighted by Crippen LogP contribution is -2.38. The van der Waals surface area contributed by atoms with Crippen LogP contribution >= 0.6 is 51.3 Å². The van der Waals surface area contributed by atoms with Gasteiger partial charge in [0.15, 0.2) is 5.11 Å². The molecule has 2 nitrogen and oxygen atoms in total. The highest BCUT2D eigenvalue weighted by atomic mass is 79.9. The molecule has 0 saturated heterocycles. The normalized spacial score (nSPS) is 16.2. The lowest BCUT2D eigenvalue weighted by atomic mass is 9.96. The van der Waals surface area contributed by atoms with Gasteiger partial charge in [-0.3, -0.25) is 0 Å². The van der Waals surface area contributed by atoms with Crippen LogP contribution < -0.4 is 10.6 Å². The van der Waals surface area contributed by atoms with Crippen molar-refractivity contribution in [3.05, 3.63) is 26.7 Å². The predicted molar refractivity (Wildman–Crippen MR) is 90.4 cm³/mol. The third kappa shape index (κ3) is 4.22. The number of hydrogen-bond donors (Lipinski definition) is 2. The smallest absolute Gasteiger partial charge is 0.171 e. The fourth-order valence-corrected chi connectivity index (χ4v) is 3.31. The summed E-state index contributed by atoms with van der Waals surface area (Å²) >= 11 is 20.9. The standard InChI is InChI=1S/C13H15BrCl2N2S/c14-9-6-7-10(12(16)11(9)15)18-13(19)17-8-4-2-1-3-5-8/h6-8H,1-5H2,(H2,17,18,19). The van der Waals surface area contributed by atoms with Gasteiger partial charge in [-0.2, -0.15) is 0 Å². The van der Waals surface area contributed by atoms with Gasteiger partial charge >= 0.3 is 0 Å². The van der Waals surface area contributed by atoms with Crippen molar-refractivity contribution >= 4 is 62.1 Å². The third-order valence-electron chi connectivity index (χ3n) is 3.22. The van der Waals surface area contributed by atoms with Crippen molar-refractivity contribution in [2.24, 2.45) is 0 Å². The van der Waals surface area contributed by atoms with E-state index < -0.39 is 0 Å². The summed E-state index contributed by atoms with van der Waals surface area (Å²) in [7, 11) is 0. The molecule has 0 bridgehead atoms. The van der Waals surface area contributed by atoms with Crippen LogP contribution in [0.2, 0.25) is 10.0 Å². The third-order valence-corrected chi connectivity index (χ3v) is 5.21. The number of hydrogen-bond acceptors (Lipinski definition) is 1. The average molecular weight is 382 g/mol. The molecule has 0 aromatic heterocycles. The van der Waals surface area contributed by atoms with Crippen molar-refractivity contribution < 1.29 is 0 Å². The van der Waals surface area contributed by atoms with Gasteiger partial charge in [-0.1, -0.05) is 42.5 Å². The highest BCUT2D eigenvalue weighted by Crippen LogP contribution is 2.35. The Morgan fingerprint density at radius 2 is 1.84 bits per heavy atom. The largest absolute Gasteiger partial charge is 0.360 e. The van der Waals surface area contributed by atoms with Gasteiger partial charge < -0.3 is 10.6 Å². The maximum atomic E-state index is 6.17. The van der Waals surface area contributed by atoms with Crippen molar-refractivity contribution in [1.82, 2.24) is 5.32 Å². The molecule has 1 aromatic carbocycles. The second-order valence-corrected chi connectivity index (χ2v) is 6.67. The summed E-state index contributed by atoms with van der Waals surface area (Å²) in [6, 6.07) is 4.17. The summed E-state index contributed by atoms with van der Waals surface area (Å²) < 4.78 is 0.774. The first-order valence-corrected chi connectivity index (χ1v) is 8.24. The molecule has 0 atom stereocenters.